The van der Waals surface area contributed by atoms with E-state index >= 15 is 0 Å². The number of hydrogen-bond acceptors (Lipinski definition) is 6. The molecule has 0 radical (unpaired) electrons. The molecule has 2 aromatic carbocycles. The molecule has 196 valence electrons. The maximum atomic E-state index is 12.8. The first-order valence-electron chi connectivity index (χ1n) is 11.9. The Morgan fingerprint density at radius 2 is 1.54 bits per heavy atom. The molecule has 0 aliphatic rings. The van der Waals surface area contributed by atoms with Gasteiger partial charge in [-0.3, -0.25) is 9.59 Å². The minimum Gasteiger partial charge on any atom is -0.483 e. The second-order valence-corrected chi connectivity index (χ2v) is 9.47. The van der Waals surface area contributed by atoms with Crippen molar-refractivity contribution in [1.82, 2.24) is 14.9 Å². The van der Waals surface area contributed by atoms with Crippen LogP contribution in [0.3, 0.4) is 0 Å². The number of pyridine rings is 1. The highest BCUT2D eigenvalue weighted by atomic mass is 16.7. The van der Waals surface area contributed by atoms with E-state index in [1.54, 1.807) is 20.8 Å². The van der Waals surface area contributed by atoms with Crippen molar-refractivity contribution in [1.29, 1.82) is 0 Å². The standard InChI is InChI=1S/C28H33N3O6/c1-28(2,3)37-27(34)30(4)18-26(33)29-16-23-15-24(32)25(35-19-21-11-7-5-8-12-21)17-31(23)36-20-22-13-9-6-10-14-22/h5-15,17H,16,18-20H2,1-4H3,(H,29,33). The Bertz CT molecular complexity index is 1240. The van der Waals surface area contributed by atoms with Crippen molar-refractivity contribution in [2.24, 2.45) is 0 Å². The molecule has 0 saturated heterocycles. The van der Waals surface area contributed by atoms with Gasteiger partial charge >= 0.3 is 6.09 Å². The van der Waals surface area contributed by atoms with Crippen LogP contribution >= 0.6 is 0 Å². The number of rotatable bonds is 10. The average molecular weight is 508 g/mol. The molecule has 0 fully saturated rings. The Hall–Kier alpha value is -4.27. The van der Waals surface area contributed by atoms with E-state index in [2.05, 4.69) is 5.32 Å². The van der Waals surface area contributed by atoms with Gasteiger partial charge in [0.05, 0.1) is 18.4 Å². The summed E-state index contributed by atoms with van der Waals surface area (Å²) in [4.78, 5) is 44.5. The first-order valence-corrected chi connectivity index (χ1v) is 11.9. The predicted molar refractivity (Wildman–Crippen MR) is 139 cm³/mol. The zero-order chi connectivity index (χ0) is 26.8. The lowest BCUT2D eigenvalue weighted by Gasteiger charge is -2.24. The minimum atomic E-state index is -0.668. The molecule has 0 saturated carbocycles. The van der Waals surface area contributed by atoms with Gasteiger partial charge in [0.15, 0.2) is 5.75 Å². The van der Waals surface area contributed by atoms with Crippen molar-refractivity contribution in [3.05, 3.63) is 100.0 Å². The highest BCUT2D eigenvalue weighted by Crippen LogP contribution is 2.11. The molecule has 0 atom stereocenters. The fourth-order valence-corrected chi connectivity index (χ4v) is 3.22. The molecule has 3 aromatic rings. The molecule has 1 aromatic heterocycles. The summed E-state index contributed by atoms with van der Waals surface area (Å²) in [5.41, 5.74) is 1.26. The van der Waals surface area contributed by atoms with Crippen LogP contribution in [0.4, 0.5) is 4.79 Å². The predicted octanol–water partition coefficient (Wildman–Crippen LogP) is 3.54. The Labute approximate surface area is 216 Å². The van der Waals surface area contributed by atoms with E-state index < -0.39 is 17.6 Å². The lowest BCUT2D eigenvalue weighted by molar-refractivity contribution is -0.122. The Morgan fingerprint density at radius 3 is 2.14 bits per heavy atom. The van der Waals surface area contributed by atoms with Gasteiger partial charge in [-0.05, 0) is 31.9 Å². The van der Waals surface area contributed by atoms with Crippen molar-refractivity contribution in [3.8, 4) is 5.75 Å². The average Bonchev–Trinajstić information content (AvgIpc) is 2.86. The van der Waals surface area contributed by atoms with Crippen LogP contribution in [0.5, 0.6) is 5.75 Å². The van der Waals surface area contributed by atoms with Gasteiger partial charge in [0.25, 0.3) is 0 Å². The monoisotopic (exact) mass is 507 g/mol. The zero-order valence-corrected chi connectivity index (χ0v) is 21.6. The first-order chi connectivity index (χ1) is 17.6. The molecule has 0 aliphatic carbocycles. The summed E-state index contributed by atoms with van der Waals surface area (Å²) in [6.07, 6.45) is 0.869. The highest BCUT2D eigenvalue weighted by Gasteiger charge is 2.21. The summed E-state index contributed by atoms with van der Waals surface area (Å²) in [6, 6.07) is 20.4. The van der Waals surface area contributed by atoms with E-state index in [0.29, 0.717) is 5.69 Å². The van der Waals surface area contributed by atoms with Crippen LogP contribution in [-0.4, -0.2) is 40.8 Å². The van der Waals surface area contributed by atoms with Gasteiger partial charge in [0.2, 0.25) is 11.3 Å². The minimum absolute atomic E-state index is 0.00396. The molecule has 1 N–H and O–H groups in total. The van der Waals surface area contributed by atoms with Crippen LogP contribution in [-0.2, 0) is 29.3 Å². The molecule has 37 heavy (non-hydrogen) atoms. The van der Waals surface area contributed by atoms with Gasteiger partial charge in [0.1, 0.15) is 25.4 Å². The van der Waals surface area contributed by atoms with Gasteiger partial charge in [-0.1, -0.05) is 60.7 Å². The number of nitrogens with zero attached hydrogens (tertiary/aromatic N) is 2. The molecule has 2 amide bonds. The third-order valence-corrected chi connectivity index (χ3v) is 5.06. The fourth-order valence-electron chi connectivity index (χ4n) is 3.22. The van der Waals surface area contributed by atoms with E-state index in [9.17, 15) is 14.4 Å². The maximum Gasteiger partial charge on any atom is 0.410 e. The number of likely N-dealkylation sites (N-methyl/N-ethyl adjacent to an activating group) is 1. The van der Waals surface area contributed by atoms with Gasteiger partial charge in [0, 0.05) is 13.1 Å². The molecule has 9 heteroatoms. The van der Waals surface area contributed by atoms with E-state index in [-0.39, 0.29) is 37.5 Å². The number of aromatic nitrogens is 1. The summed E-state index contributed by atoms with van der Waals surface area (Å²) in [7, 11) is 1.48. The molecule has 0 spiro atoms. The summed E-state index contributed by atoms with van der Waals surface area (Å²) in [5, 5.41) is 2.72. The Kier molecular flexibility index (Phi) is 9.32. The van der Waals surface area contributed by atoms with Gasteiger partial charge < -0.3 is 24.5 Å². The second kappa shape index (κ2) is 12.6. The summed E-state index contributed by atoms with van der Waals surface area (Å²) >= 11 is 0. The fraction of sp³-hybridized carbons (Fsp3) is 0.321. The number of amides is 2. The van der Waals surface area contributed by atoms with Crippen molar-refractivity contribution < 1.29 is 23.9 Å². The number of ether oxygens (including phenoxy) is 2. The quantitative estimate of drug-likeness (QED) is 0.451. The third kappa shape index (κ3) is 9.03. The number of benzene rings is 2. The summed E-state index contributed by atoms with van der Waals surface area (Å²) in [6.45, 7) is 5.51. The highest BCUT2D eigenvalue weighted by molar-refractivity contribution is 5.82. The lowest BCUT2D eigenvalue weighted by atomic mass is 10.2. The van der Waals surface area contributed by atoms with Crippen LogP contribution in [0.2, 0.25) is 0 Å². The van der Waals surface area contributed by atoms with Crippen molar-refractivity contribution in [2.45, 2.75) is 46.1 Å². The lowest BCUT2D eigenvalue weighted by Crippen LogP contribution is -2.41. The molecular weight excluding hydrogens is 474 g/mol. The van der Waals surface area contributed by atoms with Crippen LogP contribution in [0, 0.1) is 0 Å². The van der Waals surface area contributed by atoms with Gasteiger partial charge in [-0.15, -0.1) is 0 Å². The van der Waals surface area contributed by atoms with Gasteiger partial charge in [-0.2, -0.15) is 4.73 Å². The van der Waals surface area contributed by atoms with Crippen LogP contribution < -0.4 is 20.3 Å². The van der Waals surface area contributed by atoms with Crippen molar-refractivity contribution in [3.63, 3.8) is 0 Å². The Morgan fingerprint density at radius 1 is 0.946 bits per heavy atom. The van der Waals surface area contributed by atoms with Crippen LogP contribution in [0.1, 0.15) is 37.6 Å². The first kappa shape index (κ1) is 27.3. The van der Waals surface area contributed by atoms with Crippen molar-refractivity contribution >= 4 is 12.0 Å². The van der Waals surface area contributed by atoms with E-state index in [0.717, 1.165) is 11.1 Å². The second-order valence-electron chi connectivity index (χ2n) is 9.47. The molecule has 0 unspecified atom stereocenters. The zero-order valence-electron chi connectivity index (χ0n) is 21.6. The number of carbonyl (C=O) groups excluding carboxylic acids is 2. The summed E-state index contributed by atoms with van der Waals surface area (Å²) < 4.78 is 12.4. The van der Waals surface area contributed by atoms with Gasteiger partial charge in [-0.25, -0.2) is 4.79 Å². The van der Waals surface area contributed by atoms with E-state index in [1.807, 2.05) is 60.7 Å². The Balaban J connectivity index is 1.70. The van der Waals surface area contributed by atoms with Crippen LogP contribution in [0.15, 0.2) is 77.7 Å². The molecule has 0 aliphatic heterocycles. The third-order valence-electron chi connectivity index (χ3n) is 5.06. The molecule has 9 nitrogen and oxygen atoms in total. The topological polar surface area (TPSA) is 99.1 Å². The van der Waals surface area contributed by atoms with Crippen molar-refractivity contribution in [2.75, 3.05) is 13.6 Å². The molecule has 1 heterocycles. The smallest absolute Gasteiger partial charge is 0.410 e. The largest absolute Gasteiger partial charge is 0.483 e. The van der Waals surface area contributed by atoms with Crippen LogP contribution in [0.25, 0.3) is 0 Å². The number of hydrogen-bond donors (Lipinski definition) is 1. The molecule has 3 rings (SSSR count). The molecule has 0 bridgehead atoms. The number of nitrogens with one attached hydrogen (secondary N) is 1. The molecular formula is C28H33N3O6. The summed E-state index contributed by atoms with van der Waals surface area (Å²) in [5.74, 6) is -0.295. The SMILES string of the molecule is CN(CC(=O)NCc1cc(=O)c(OCc2ccccc2)cn1OCc1ccccc1)C(=O)OC(C)(C)C. The number of carbonyl (C=O) groups is 2. The van der Waals surface area contributed by atoms with E-state index in [1.165, 1.54) is 28.9 Å². The van der Waals surface area contributed by atoms with E-state index in [4.69, 9.17) is 14.3 Å². The normalized spacial score (nSPS) is 10.9. The maximum absolute atomic E-state index is 12.8.